The highest BCUT2D eigenvalue weighted by Crippen LogP contribution is 2.17. The Kier molecular flexibility index (Phi) is 3.84. The van der Waals surface area contributed by atoms with Gasteiger partial charge < -0.3 is 10.1 Å². The average Bonchev–Trinajstić information content (AvgIpc) is 2.86. The van der Waals surface area contributed by atoms with Crippen LogP contribution in [0.4, 0.5) is 5.69 Å². The number of rotatable bonds is 3. The third-order valence-corrected chi connectivity index (χ3v) is 2.98. The molecule has 0 bridgehead atoms. The number of esters is 1. The van der Waals surface area contributed by atoms with E-state index in [0.29, 0.717) is 22.5 Å². The van der Waals surface area contributed by atoms with E-state index >= 15 is 0 Å². The number of H-pyrrole nitrogens is 1. The summed E-state index contributed by atoms with van der Waals surface area (Å²) in [7, 11) is 1.32. The summed E-state index contributed by atoms with van der Waals surface area (Å²) in [6.07, 6.45) is 1.46. The molecule has 20 heavy (non-hydrogen) atoms. The molecule has 2 aromatic rings. The van der Waals surface area contributed by atoms with Crippen molar-refractivity contribution in [2.75, 3.05) is 12.4 Å². The van der Waals surface area contributed by atoms with Gasteiger partial charge >= 0.3 is 5.97 Å². The van der Waals surface area contributed by atoms with E-state index in [9.17, 15) is 9.59 Å². The molecule has 6 nitrogen and oxygen atoms in total. The topological polar surface area (TPSA) is 84.1 Å². The maximum atomic E-state index is 12.0. The van der Waals surface area contributed by atoms with Crippen LogP contribution in [0.1, 0.15) is 32.0 Å². The van der Waals surface area contributed by atoms with Crippen molar-refractivity contribution >= 4 is 17.6 Å². The molecule has 0 aliphatic heterocycles. The van der Waals surface area contributed by atoms with E-state index in [0.717, 1.165) is 5.56 Å². The fourth-order valence-corrected chi connectivity index (χ4v) is 1.81. The Labute approximate surface area is 116 Å². The lowest BCUT2D eigenvalue weighted by Crippen LogP contribution is -2.13. The van der Waals surface area contributed by atoms with Crippen LogP contribution in [-0.4, -0.2) is 29.2 Å². The zero-order valence-electron chi connectivity index (χ0n) is 11.5. The molecule has 1 aromatic heterocycles. The van der Waals surface area contributed by atoms with Crippen molar-refractivity contribution in [3.63, 3.8) is 0 Å². The number of anilines is 1. The van der Waals surface area contributed by atoms with Crippen molar-refractivity contribution in [3.8, 4) is 0 Å². The molecule has 0 saturated carbocycles. The third-order valence-electron chi connectivity index (χ3n) is 2.98. The lowest BCUT2D eigenvalue weighted by molar-refractivity contribution is 0.0599. The molecule has 104 valence electrons. The standard InChI is InChI=1S/C14H15N3O3/c1-8-4-5-10(6-11(8)14(19)20-3)16-13(18)12-7-15-17-9(12)2/h4-7H,1-3H3,(H,15,17)(H,16,18). The number of carbonyl (C=O) groups is 2. The number of benzene rings is 1. The molecule has 0 fully saturated rings. The molecular formula is C14H15N3O3. The molecule has 1 amide bonds. The lowest BCUT2D eigenvalue weighted by Gasteiger charge is -2.08. The second-order valence-corrected chi connectivity index (χ2v) is 4.38. The third kappa shape index (κ3) is 2.69. The number of aryl methyl sites for hydroxylation is 2. The van der Waals surface area contributed by atoms with E-state index in [4.69, 9.17) is 4.74 Å². The predicted molar refractivity (Wildman–Crippen MR) is 73.8 cm³/mol. The Hall–Kier alpha value is -2.63. The second-order valence-electron chi connectivity index (χ2n) is 4.38. The van der Waals surface area contributed by atoms with E-state index < -0.39 is 5.97 Å². The number of hydrogen-bond acceptors (Lipinski definition) is 4. The number of nitrogens with one attached hydrogen (secondary N) is 2. The van der Waals surface area contributed by atoms with Crippen LogP contribution in [0.15, 0.2) is 24.4 Å². The minimum atomic E-state index is -0.432. The van der Waals surface area contributed by atoms with Crippen molar-refractivity contribution in [2.45, 2.75) is 13.8 Å². The molecule has 6 heteroatoms. The molecule has 0 aliphatic carbocycles. The van der Waals surface area contributed by atoms with Gasteiger partial charge in [0, 0.05) is 11.4 Å². The highest BCUT2D eigenvalue weighted by Gasteiger charge is 2.14. The molecule has 1 heterocycles. The predicted octanol–water partition coefficient (Wildman–Crippen LogP) is 2.07. The molecule has 0 aliphatic rings. The Morgan fingerprint density at radius 3 is 2.60 bits per heavy atom. The van der Waals surface area contributed by atoms with E-state index in [1.165, 1.54) is 13.3 Å². The average molecular weight is 273 g/mol. The highest BCUT2D eigenvalue weighted by molar-refractivity contribution is 6.05. The first-order valence-electron chi connectivity index (χ1n) is 6.03. The second kappa shape index (κ2) is 5.56. The Morgan fingerprint density at radius 1 is 1.25 bits per heavy atom. The molecule has 0 radical (unpaired) electrons. The Balaban J connectivity index is 2.24. The van der Waals surface area contributed by atoms with Gasteiger partial charge in [0.15, 0.2) is 0 Å². The number of aromatic nitrogens is 2. The van der Waals surface area contributed by atoms with Crippen LogP contribution in [0.2, 0.25) is 0 Å². The van der Waals surface area contributed by atoms with Gasteiger partial charge in [0.1, 0.15) is 0 Å². The number of amides is 1. The van der Waals surface area contributed by atoms with Gasteiger partial charge in [-0.25, -0.2) is 4.79 Å². The highest BCUT2D eigenvalue weighted by atomic mass is 16.5. The van der Waals surface area contributed by atoms with E-state index in [-0.39, 0.29) is 5.91 Å². The quantitative estimate of drug-likeness (QED) is 0.838. The van der Waals surface area contributed by atoms with Crippen molar-refractivity contribution in [1.82, 2.24) is 10.2 Å². The van der Waals surface area contributed by atoms with Crippen molar-refractivity contribution in [3.05, 3.63) is 46.8 Å². The molecule has 2 N–H and O–H groups in total. The molecule has 0 spiro atoms. The smallest absolute Gasteiger partial charge is 0.338 e. The summed E-state index contributed by atoms with van der Waals surface area (Å²) in [5, 5.41) is 9.22. The number of methoxy groups -OCH3 is 1. The van der Waals surface area contributed by atoms with Gasteiger partial charge in [0.05, 0.1) is 24.4 Å². The van der Waals surface area contributed by atoms with E-state index in [2.05, 4.69) is 15.5 Å². The van der Waals surface area contributed by atoms with Gasteiger partial charge in [-0.2, -0.15) is 5.10 Å². The zero-order valence-corrected chi connectivity index (χ0v) is 11.5. The van der Waals surface area contributed by atoms with Crippen LogP contribution < -0.4 is 5.32 Å². The number of ether oxygens (including phenoxy) is 1. The van der Waals surface area contributed by atoms with Crippen LogP contribution in [-0.2, 0) is 4.74 Å². The van der Waals surface area contributed by atoms with Crippen LogP contribution in [0.3, 0.4) is 0 Å². The fraction of sp³-hybridized carbons (Fsp3) is 0.214. The van der Waals surface area contributed by atoms with Gasteiger partial charge in [0.2, 0.25) is 0 Å². The van der Waals surface area contributed by atoms with Crippen molar-refractivity contribution < 1.29 is 14.3 Å². The normalized spacial score (nSPS) is 10.2. The first-order chi connectivity index (χ1) is 9.52. The fourth-order valence-electron chi connectivity index (χ4n) is 1.81. The number of carbonyl (C=O) groups excluding carboxylic acids is 2. The summed E-state index contributed by atoms with van der Waals surface area (Å²) < 4.78 is 4.70. The maximum Gasteiger partial charge on any atom is 0.338 e. The van der Waals surface area contributed by atoms with Gasteiger partial charge in [-0.1, -0.05) is 6.07 Å². The van der Waals surface area contributed by atoms with Crippen molar-refractivity contribution in [2.24, 2.45) is 0 Å². The van der Waals surface area contributed by atoms with E-state index in [1.54, 1.807) is 32.0 Å². The minimum Gasteiger partial charge on any atom is -0.465 e. The lowest BCUT2D eigenvalue weighted by atomic mass is 10.1. The zero-order chi connectivity index (χ0) is 14.7. The molecule has 0 atom stereocenters. The summed E-state index contributed by atoms with van der Waals surface area (Å²) in [5.74, 6) is -0.714. The summed E-state index contributed by atoms with van der Waals surface area (Å²) in [5.41, 5.74) is 2.89. The van der Waals surface area contributed by atoms with Crippen LogP contribution in [0, 0.1) is 13.8 Å². The largest absolute Gasteiger partial charge is 0.465 e. The van der Waals surface area contributed by atoms with Crippen LogP contribution in [0.25, 0.3) is 0 Å². The Morgan fingerprint density at radius 2 is 2.00 bits per heavy atom. The number of nitrogens with zero attached hydrogens (tertiary/aromatic N) is 1. The van der Waals surface area contributed by atoms with Gasteiger partial charge in [-0.15, -0.1) is 0 Å². The monoisotopic (exact) mass is 273 g/mol. The molecule has 0 unspecified atom stereocenters. The summed E-state index contributed by atoms with van der Waals surface area (Å²) in [6.45, 7) is 3.56. The molecule has 1 aromatic carbocycles. The molecule has 0 saturated heterocycles. The van der Waals surface area contributed by atoms with Crippen molar-refractivity contribution in [1.29, 1.82) is 0 Å². The number of hydrogen-bond donors (Lipinski definition) is 2. The summed E-state index contributed by atoms with van der Waals surface area (Å²) >= 11 is 0. The Bertz CT molecular complexity index is 661. The first-order valence-corrected chi connectivity index (χ1v) is 6.03. The van der Waals surface area contributed by atoms with Gasteiger partial charge in [0.25, 0.3) is 5.91 Å². The van der Waals surface area contributed by atoms with Crippen LogP contribution >= 0.6 is 0 Å². The van der Waals surface area contributed by atoms with E-state index in [1.807, 2.05) is 0 Å². The molecular weight excluding hydrogens is 258 g/mol. The van der Waals surface area contributed by atoms with Gasteiger partial charge in [-0.05, 0) is 31.5 Å². The summed E-state index contributed by atoms with van der Waals surface area (Å²) in [4.78, 5) is 23.6. The maximum absolute atomic E-state index is 12.0. The minimum absolute atomic E-state index is 0.282. The summed E-state index contributed by atoms with van der Waals surface area (Å²) in [6, 6.07) is 5.08. The van der Waals surface area contributed by atoms with Crippen LogP contribution in [0.5, 0.6) is 0 Å². The van der Waals surface area contributed by atoms with Gasteiger partial charge in [-0.3, -0.25) is 9.89 Å². The molecule has 2 rings (SSSR count). The SMILES string of the molecule is COC(=O)c1cc(NC(=O)c2cn[nH]c2C)ccc1C. The number of aromatic amines is 1. The first kappa shape index (κ1) is 13.8.